The Morgan fingerprint density at radius 2 is 1.89 bits per heavy atom. The lowest BCUT2D eigenvalue weighted by Gasteiger charge is -2.07. The van der Waals surface area contributed by atoms with Gasteiger partial charge in [0.05, 0.1) is 10.7 Å². The second kappa shape index (κ2) is 6.34. The SMILES string of the molecule is O=C(CCc1ccccc1)Nc1ccc(F)cc1Cl. The van der Waals surface area contributed by atoms with Gasteiger partial charge in [0, 0.05) is 6.42 Å². The van der Waals surface area contributed by atoms with Crippen molar-refractivity contribution in [2.24, 2.45) is 0 Å². The van der Waals surface area contributed by atoms with Crippen molar-refractivity contribution in [2.75, 3.05) is 5.32 Å². The molecule has 0 fully saturated rings. The Bertz CT molecular complexity index is 572. The van der Waals surface area contributed by atoms with Crippen LogP contribution in [0.5, 0.6) is 0 Å². The van der Waals surface area contributed by atoms with Crippen LogP contribution in [0.25, 0.3) is 0 Å². The van der Waals surface area contributed by atoms with Crippen LogP contribution in [0.15, 0.2) is 48.5 Å². The summed E-state index contributed by atoms with van der Waals surface area (Å²) in [5.41, 5.74) is 1.53. The van der Waals surface area contributed by atoms with E-state index in [1.54, 1.807) is 0 Å². The molecular weight excluding hydrogens is 265 g/mol. The molecule has 2 aromatic rings. The summed E-state index contributed by atoms with van der Waals surface area (Å²) in [5.74, 6) is -0.565. The summed E-state index contributed by atoms with van der Waals surface area (Å²) in [6.07, 6.45) is 1.02. The van der Waals surface area contributed by atoms with Crippen LogP contribution in [0.1, 0.15) is 12.0 Å². The third-order valence-corrected chi connectivity index (χ3v) is 3.00. The van der Waals surface area contributed by atoms with Gasteiger partial charge in [0.2, 0.25) is 5.91 Å². The molecule has 0 spiro atoms. The number of aryl methyl sites for hydroxylation is 1. The van der Waals surface area contributed by atoms with Crippen molar-refractivity contribution >= 4 is 23.2 Å². The van der Waals surface area contributed by atoms with Crippen molar-refractivity contribution in [1.82, 2.24) is 0 Å². The Hall–Kier alpha value is -1.87. The first-order chi connectivity index (χ1) is 9.15. The van der Waals surface area contributed by atoms with Gasteiger partial charge in [0.25, 0.3) is 0 Å². The number of hydrogen-bond donors (Lipinski definition) is 1. The topological polar surface area (TPSA) is 29.1 Å². The molecule has 4 heteroatoms. The normalized spacial score (nSPS) is 10.2. The Morgan fingerprint density at radius 3 is 2.58 bits per heavy atom. The van der Waals surface area contributed by atoms with E-state index < -0.39 is 5.82 Å². The quantitative estimate of drug-likeness (QED) is 0.897. The minimum absolute atomic E-state index is 0.141. The lowest BCUT2D eigenvalue weighted by Crippen LogP contribution is -2.12. The summed E-state index contributed by atoms with van der Waals surface area (Å²) in [6.45, 7) is 0. The smallest absolute Gasteiger partial charge is 0.224 e. The van der Waals surface area contributed by atoms with Gasteiger partial charge in [-0.15, -0.1) is 0 Å². The number of hydrogen-bond acceptors (Lipinski definition) is 1. The molecule has 0 heterocycles. The summed E-state index contributed by atoms with van der Waals surface area (Å²) >= 11 is 5.84. The molecule has 0 saturated carbocycles. The van der Waals surface area contributed by atoms with Crippen LogP contribution in [-0.2, 0) is 11.2 Å². The number of amides is 1. The largest absolute Gasteiger partial charge is 0.325 e. The van der Waals surface area contributed by atoms with Gasteiger partial charge in [-0.05, 0) is 30.2 Å². The van der Waals surface area contributed by atoms with Crippen LogP contribution >= 0.6 is 11.6 Å². The number of carbonyl (C=O) groups is 1. The minimum atomic E-state index is -0.424. The van der Waals surface area contributed by atoms with Gasteiger partial charge in [0.1, 0.15) is 5.82 Å². The molecule has 2 aromatic carbocycles. The lowest BCUT2D eigenvalue weighted by atomic mass is 10.1. The van der Waals surface area contributed by atoms with E-state index in [0.717, 1.165) is 5.56 Å². The fourth-order valence-corrected chi connectivity index (χ4v) is 1.92. The van der Waals surface area contributed by atoms with Gasteiger partial charge < -0.3 is 5.32 Å². The zero-order chi connectivity index (χ0) is 13.7. The Morgan fingerprint density at radius 1 is 1.16 bits per heavy atom. The third-order valence-electron chi connectivity index (χ3n) is 2.69. The summed E-state index contributed by atoms with van der Waals surface area (Å²) in [4.78, 5) is 11.8. The number of benzene rings is 2. The predicted octanol–water partition coefficient (Wildman–Crippen LogP) is 4.05. The molecule has 0 atom stereocenters. The minimum Gasteiger partial charge on any atom is -0.325 e. The maximum absolute atomic E-state index is 12.9. The fraction of sp³-hybridized carbons (Fsp3) is 0.133. The van der Waals surface area contributed by atoms with Gasteiger partial charge in [-0.1, -0.05) is 41.9 Å². The average molecular weight is 278 g/mol. The summed E-state index contributed by atoms with van der Waals surface area (Å²) in [6, 6.07) is 13.6. The summed E-state index contributed by atoms with van der Waals surface area (Å²) in [7, 11) is 0. The van der Waals surface area contributed by atoms with Crippen molar-refractivity contribution < 1.29 is 9.18 Å². The van der Waals surface area contributed by atoms with E-state index in [9.17, 15) is 9.18 Å². The van der Waals surface area contributed by atoms with Crippen LogP contribution in [0, 0.1) is 5.82 Å². The van der Waals surface area contributed by atoms with Crippen LogP contribution in [0.3, 0.4) is 0 Å². The molecule has 0 radical (unpaired) electrons. The van der Waals surface area contributed by atoms with Crippen molar-refractivity contribution in [3.63, 3.8) is 0 Å². The molecule has 0 unspecified atom stereocenters. The molecule has 1 amide bonds. The molecule has 2 nitrogen and oxygen atoms in total. The molecule has 0 bridgehead atoms. The molecule has 98 valence electrons. The average Bonchev–Trinajstić information content (AvgIpc) is 2.41. The van der Waals surface area contributed by atoms with E-state index in [1.165, 1.54) is 18.2 Å². The van der Waals surface area contributed by atoms with E-state index in [-0.39, 0.29) is 10.9 Å². The van der Waals surface area contributed by atoms with E-state index in [2.05, 4.69) is 5.32 Å². The molecule has 0 aliphatic rings. The van der Waals surface area contributed by atoms with Crippen LogP contribution < -0.4 is 5.32 Å². The predicted molar refractivity (Wildman–Crippen MR) is 74.8 cm³/mol. The molecule has 0 aliphatic heterocycles. The van der Waals surface area contributed by atoms with E-state index in [4.69, 9.17) is 11.6 Å². The number of rotatable bonds is 4. The van der Waals surface area contributed by atoms with Gasteiger partial charge in [-0.2, -0.15) is 0 Å². The number of anilines is 1. The highest BCUT2D eigenvalue weighted by molar-refractivity contribution is 6.33. The fourth-order valence-electron chi connectivity index (χ4n) is 1.71. The Kier molecular flexibility index (Phi) is 4.53. The van der Waals surface area contributed by atoms with Crippen molar-refractivity contribution in [3.05, 3.63) is 64.9 Å². The van der Waals surface area contributed by atoms with Gasteiger partial charge >= 0.3 is 0 Å². The van der Waals surface area contributed by atoms with Crippen molar-refractivity contribution in [3.8, 4) is 0 Å². The Labute approximate surface area is 116 Å². The standard InChI is InChI=1S/C15H13ClFNO/c16-13-10-12(17)7-8-14(13)18-15(19)9-6-11-4-2-1-3-5-11/h1-5,7-8,10H,6,9H2,(H,18,19). The van der Waals surface area contributed by atoms with Gasteiger partial charge in [0.15, 0.2) is 0 Å². The first kappa shape index (κ1) is 13.6. The van der Waals surface area contributed by atoms with Crippen molar-refractivity contribution in [1.29, 1.82) is 0 Å². The maximum Gasteiger partial charge on any atom is 0.224 e. The first-order valence-electron chi connectivity index (χ1n) is 5.94. The highest BCUT2D eigenvalue weighted by Crippen LogP contribution is 2.22. The molecular formula is C15H13ClFNO. The monoisotopic (exact) mass is 277 g/mol. The first-order valence-corrected chi connectivity index (χ1v) is 6.32. The van der Waals surface area contributed by atoms with E-state index in [0.29, 0.717) is 18.5 Å². The van der Waals surface area contributed by atoms with Gasteiger partial charge in [-0.3, -0.25) is 4.79 Å². The second-order valence-corrected chi connectivity index (χ2v) is 4.57. The molecule has 0 saturated heterocycles. The molecule has 19 heavy (non-hydrogen) atoms. The highest BCUT2D eigenvalue weighted by atomic mass is 35.5. The van der Waals surface area contributed by atoms with E-state index >= 15 is 0 Å². The Balaban J connectivity index is 1.91. The van der Waals surface area contributed by atoms with E-state index in [1.807, 2.05) is 30.3 Å². The number of carbonyl (C=O) groups excluding carboxylic acids is 1. The highest BCUT2D eigenvalue weighted by Gasteiger charge is 2.07. The summed E-state index contributed by atoms with van der Waals surface area (Å²) in [5, 5.41) is 2.87. The maximum atomic E-state index is 12.9. The molecule has 0 aliphatic carbocycles. The van der Waals surface area contributed by atoms with Crippen molar-refractivity contribution in [2.45, 2.75) is 12.8 Å². The second-order valence-electron chi connectivity index (χ2n) is 4.16. The van der Waals surface area contributed by atoms with Crippen LogP contribution in [0.4, 0.5) is 10.1 Å². The van der Waals surface area contributed by atoms with Crippen LogP contribution in [0.2, 0.25) is 5.02 Å². The molecule has 0 aromatic heterocycles. The number of halogens is 2. The summed E-state index contributed by atoms with van der Waals surface area (Å²) < 4.78 is 12.9. The zero-order valence-corrected chi connectivity index (χ0v) is 11.0. The number of nitrogens with one attached hydrogen (secondary N) is 1. The molecule has 1 N–H and O–H groups in total. The zero-order valence-electron chi connectivity index (χ0n) is 10.2. The molecule has 2 rings (SSSR count). The van der Waals surface area contributed by atoms with Gasteiger partial charge in [-0.25, -0.2) is 4.39 Å². The third kappa shape index (κ3) is 4.07. The lowest BCUT2D eigenvalue weighted by molar-refractivity contribution is -0.116. The van der Waals surface area contributed by atoms with Crippen LogP contribution in [-0.4, -0.2) is 5.91 Å².